The molecule has 0 aliphatic carbocycles. The summed E-state index contributed by atoms with van der Waals surface area (Å²) in [5.74, 6) is 2.80. The first-order valence-corrected chi connectivity index (χ1v) is 6.50. The lowest BCUT2D eigenvalue weighted by atomic mass is 9.99. The van der Waals surface area contributed by atoms with Gasteiger partial charge in [0.25, 0.3) is 0 Å². The highest BCUT2D eigenvalue weighted by Crippen LogP contribution is 2.14. The van der Waals surface area contributed by atoms with Crippen molar-refractivity contribution in [1.29, 1.82) is 0 Å². The van der Waals surface area contributed by atoms with Crippen molar-refractivity contribution in [2.45, 2.75) is 46.5 Å². The summed E-state index contributed by atoms with van der Waals surface area (Å²) in [6.45, 7) is 7.29. The molecule has 1 aromatic heterocycles. The molecule has 1 rings (SSSR count). The lowest BCUT2D eigenvalue weighted by Crippen LogP contribution is -2.15. The van der Waals surface area contributed by atoms with E-state index in [4.69, 9.17) is 5.73 Å². The number of aromatic nitrogens is 2. The Balaban J connectivity index is 2.47. The van der Waals surface area contributed by atoms with Gasteiger partial charge in [0, 0.05) is 12.6 Å². The Bertz CT molecular complexity index is 318. The van der Waals surface area contributed by atoms with Crippen molar-refractivity contribution >= 4 is 11.6 Å². The lowest BCUT2D eigenvalue weighted by molar-refractivity contribution is 0.472. The minimum Gasteiger partial charge on any atom is -0.384 e. The van der Waals surface area contributed by atoms with Crippen LogP contribution in [0.5, 0.6) is 0 Å². The minimum absolute atomic E-state index is 0.529. The summed E-state index contributed by atoms with van der Waals surface area (Å²) in [5.41, 5.74) is 5.69. The van der Waals surface area contributed by atoms with Crippen molar-refractivity contribution in [1.82, 2.24) is 9.97 Å². The zero-order valence-electron chi connectivity index (χ0n) is 11.2. The Hall–Kier alpha value is -1.32. The average Bonchev–Trinajstić information content (AvgIpc) is 2.28. The number of nitrogens with zero attached hydrogens (tertiary/aromatic N) is 2. The Kier molecular flexibility index (Phi) is 5.73. The highest BCUT2D eigenvalue weighted by molar-refractivity contribution is 5.44. The predicted molar refractivity (Wildman–Crippen MR) is 73.0 cm³/mol. The molecular formula is C13H24N4. The summed E-state index contributed by atoms with van der Waals surface area (Å²) < 4.78 is 0. The molecule has 4 heteroatoms. The summed E-state index contributed by atoms with van der Waals surface area (Å²) in [5, 5.41) is 3.36. The van der Waals surface area contributed by atoms with Crippen LogP contribution in [0.25, 0.3) is 0 Å². The second kappa shape index (κ2) is 7.09. The predicted octanol–water partition coefficient (Wildman–Crippen LogP) is 3.00. The van der Waals surface area contributed by atoms with E-state index < -0.39 is 0 Å². The molecule has 1 heterocycles. The third-order valence-corrected chi connectivity index (χ3v) is 2.97. The van der Waals surface area contributed by atoms with Crippen LogP contribution in [0.4, 0.5) is 11.6 Å². The first-order valence-electron chi connectivity index (χ1n) is 6.50. The largest absolute Gasteiger partial charge is 0.384 e. The van der Waals surface area contributed by atoms with E-state index in [0.29, 0.717) is 17.6 Å². The lowest BCUT2D eigenvalue weighted by Gasteiger charge is -2.15. The van der Waals surface area contributed by atoms with Crippen LogP contribution in [0.1, 0.15) is 45.4 Å². The molecule has 0 saturated heterocycles. The molecule has 1 atom stereocenters. The molecular weight excluding hydrogens is 212 g/mol. The molecule has 0 aromatic carbocycles. The molecule has 0 radical (unpaired) electrons. The highest BCUT2D eigenvalue weighted by Gasteiger charge is 2.06. The Morgan fingerprint density at radius 3 is 2.71 bits per heavy atom. The molecule has 17 heavy (non-hydrogen) atoms. The number of nitrogen functional groups attached to an aromatic ring is 1. The monoisotopic (exact) mass is 236 g/mol. The molecule has 0 bridgehead atoms. The first-order chi connectivity index (χ1) is 8.15. The van der Waals surface area contributed by atoms with Gasteiger partial charge in [-0.05, 0) is 19.3 Å². The van der Waals surface area contributed by atoms with E-state index in [2.05, 4.69) is 29.1 Å². The maximum Gasteiger partial charge on any atom is 0.131 e. The fraction of sp³-hybridized carbons (Fsp3) is 0.692. The number of nitrogens with one attached hydrogen (secondary N) is 1. The summed E-state index contributed by atoms with van der Waals surface area (Å²) in [4.78, 5) is 8.38. The van der Waals surface area contributed by atoms with Crippen molar-refractivity contribution in [2.75, 3.05) is 17.6 Å². The van der Waals surface area contributed by atoms with E-state index in [1.54, 1.807) is 6.07 Å². The van der Waals surface area contributed by atoms with Crippen molar-refractivity contribution in [3.63, 3.8) is 0 Å². The fourth-order valence-corrected chi connectivity index (χ4v) is 1.87. The van der Waals surface area contributed by atoms with Gasteiger partial charge < -0.3 is 11.1 Å². The Morgan fingerprint density at radius 1 is 1.35 bits per heavy atom. The van der Waals surface area contributed by atoms with Gasteiger partial charge in [-0.1, -0.05) is 33.1 Å². The third-order valence-electron chi connectivity index (χ3n) is 2.97. The van der Waals surface area contributed by atoms with Gasteiger partial charge in [0.05, 0.1) is 0 Å². The SMILES string of the molecule is CCCC[C@@H](CC)CNc1cc(N)nc(C)n1. The van der Waals surface area contributed by atoms with Crippen LogP contribution in [0.3, 0.4) is 0 Å². The number of hydrogen-bond donors (Lipinski definition) is 2. The molecule has 0 spiro atoms. The zero-order chi connectivity index (χ0) is 12.7. The molecule has 0 unspecified atom stereocenters. The molecule has 4 nitrogen and oxygen atoms in total. The van der Waals surface area contributed by atoms with Crippen LogP contribution < -0.4 is 11.1 Å². The van der Waals surface area contributed by atoms with Crippen molar-refractivity contribution in [3.8, 4) is 0 Å². The smallest absolute Gasteiger partial charge is 0.131 e. The summed E-state index contributed by atoms with van der Waals surface area (Å²) >= 11 is 0. The highest BCUT2D eigenvalue weighted by atomic mass is 15.0. The topological polar surface area (TPSA) is 63.8 Å². The van der Waals surface area contributed by atoms with Gasteiger partial charge in [0.2, 0.25) is 0 Å². The van der Waals surface area contributed by atoms with Crippen LogP contribution in [0, 0.1) is 12.8 Å². The van der Waals surface area contributed by atoms with Gasteiger partial charge in [-0.15, -0.1) is 0 Å². The van der Waals surface area contributed by atoms with E-state index >= 15 is 0 Å². The molecule has 0 saturated carbocycles. The van der Waals surface area contributed by atoms with Crippen LogP contribution in [0.2, 0.25) is 0 Å². The van der Waals surface area contributed by atoms with E-state index in [-0.39, 0.29) is 0 Å². The second-order valence-electron chi connectivity index (χ2n) is 4.52. The first kappa shape index (κ1) is 13.7. The molecule has 0 fully saturated rings. The number of rotatable bonds is 7. The second-order valence-corrected chi connectivity index (χ2v) is 4.52. The van der Waals surface area contributed by atoms with Crippen LogP contribution in [-0.4, -0.2) is 16.5 Å². The molecule has 0 amide bonds. The number of anilines is 2. The Morgan fingerprint density at radius 2 is 2.12 bits per heavy atom. The molecule has 0 aliphatic heterocycles. The van der Waals surface area contributed by atoms with Crippen LogP contribution in [-0.2, 0) is 0 Å². The van der Waals surface area contributed by atoms with Gasteiger partial charge in [0.15, 0.2) is 0 Å². The third kappa shape index (κ3) is 5.02. The van der Waals surface area contributed by atoms with Crippen molar-refractivity contribution in [3.05, 3.63) is 11.9 Å². The molecule has 96 valence electrons. The Labute approximate surface area is 104 Å². The summed E-state index contributed by atoms with van der Waals surface area (Å²) in [6, 6.07) is 1.79. The number of unbranched alkanes of at least 4 members (excludes halogenated alkanes) is 1. The number of nitrogens with two attached hydrogens (primary N) is 1. The van der Waals surface area contributed by atoms with Gasteiger partial charge in [-0.3, -0.25) is 0 Å². The van der Waals surface area contributed by atoms with Crippen LogP contribution >= 0.6 is 0 Å². The fourth-order valence-electron chi connectivity index (χ4n) is 1.87. The average molecular weight is 236 g/mol. The molecule has 3 N–H and O–H groups in total. The van der Waals surface area contributed by atoms with E-state index in [1.165, 1.54) is 25.7 Å². The summed E-state index contributed by atoms with van der Waals surface area (Å²) in [7, 11) is 0. The number of hydrogen-bond acceptors (Lipinski definition) is 4. The zero-order valence-corrected chi connectivity index (χ0v) is 11.2. The van der Waals surface area contributed by atoms with Gasteiger partial charge >= 0.3 is 0 Å². The molecule has 1 aromatic rings. The van der Waals surface area contributed by atoms with Gasteiger partial charge in [-0.2, -0.15) is 0 Å². The van der Waals surface area contributed by atoms with Gasteiger partial charge in [0.1, 0.15) is 17.5 Å². The standard InChI is InChI=1S/C13H24N4/c1-4-6-7-11(5-2)9-15-13-8-12(14)16-10(3)17-13/h8,11H,4-7,9H2,1-3H3,(H3,14,15,16,17)/t11-/m1/s1. The maximum absolute atomic E-state index is 5.69. The normalized spacial score (nSPS) is 12.4. The van der Waals surface area contributed by atoms with Gasteiger partial charge in [-0.25, -0.2) is 9.97 Å². The van der Waals surface area contributed by atoms with E-state index in [0.717, 1.165) is 12.4 Å². The van der Waals surface area contributed by atoms with E-state index in [1.807, 2.05) is 6.92 Å². The van der Waals surface area contributed by atoms with Crippen molar-refractivity contribution < 1.29 is 0 Å². The maximum atomic E-state index is 5.69. The summed E-state index contributed by atoms with van der Waals surface area (Å²) in [6.07, 6.45) is 5.04. The number of aryl methyl sites for hydroxylation is 1. The van der Waals surface area contributed by atoms with Crippen molar-refractivity contribution in [2.24, 2.45) is 5.92 Å². The van der Waals surface area contributed by atoms with E-state index in [9.17, 15) is 0 Å². The van der Waals surface area contributed by atoms with Crippen LogP contribution in [0.15, 0.2) is 6.07 Å². The quantitative estimate of drug-likeness (QED) is 0.764. The molecule has 0 aliphatic rings. The minimum atomic E-state index is 0.529.